The number of rotatable bonds is 10. The zero-order chi connectivity index (χ0) is 57.3. The van der Waals surface area contributed by atoms with E-state index in [-0.39, 0.29) is 5.41 Å². The van der Waals surface area contributed by atoms with Crippen LogP contribution in [0.2, 0.25) is 0 Å². The van der Waals surface area contributed by atoms with Crippen molar-refractivity contribution in [1.29, 1.82) is 0 Å². The van der Waals surface area contributed by atoms with Gasteiger partial charge in [0, 0.05) is 55.1 Å². The average molecular weight is 1100 g/mol. The van der Waals surface area contributed by atoms with Crippen molar-refractivity contribution in [2.24, 2.45) is 0 Å². The first-order chi connectivity index (χ1) is 42.3. The normalized spacial score (nSPS) is 12.4. The minimum atomic E-state index is -0.0932. The smallest absolute Gasteiger partial charge is 0.228 e. The highest BCUT2D eigenvalue weighted by atomic mass is 16.3. The highest BCUT2D eigenvalue weighted by Crippen LogP contribution is 2.50. The first kappa shape index (κ1) is 50.5. The summed E-state index contributed by atoms with van der Waals surface area (Å²) < 4.78 is 6.36. The zero-order valence-electron chi connectivity index (χ0n) is 47.3. The lowest BCUT2D eigenvalue weighted by molar-refractivity contribution is 0.656. The second kappa shape index (κ2) is 20.6. The highest BCUT2D eigenvalue weighted by Gasteiger charge is 2.35. The summed E-state index contributed by atoms with van der Waals surface area (Å²) in [6.07, 6.45) is 0. The molecular formula is C80H53N5O. The van der Waals surface area contributed by atoms with Gasteiger partial charge in [0.15, 0.2) is 11.6 Å². The van der Waals surface area contributed by atoms with Crippen molar-refractivity contribution in [3.63, 3.8) is 0 Å². The molecule has 0 amide bonds. The molecule has 0 saturated heterocycles. The maximum absolute atomic E-state index is 6.36. The predicted molar refractivity (Wildman–Crippen MR) is 352 cm³/mol. The SMILES string of the molecule is CC1(C)c2ccccc2-c2ccc(-c3cccc(-c4nc(-c5ccccc5)cc(-c5ccc(-c6cccc(-c7cc(-c8ccccc8)nc(-c8cccc(-c9cccc(-c%10c%11ccccc%11nc%11oc%12ccccc%12c%10%11)c9)c8)n7)c6)cc5)n4)c3)cc21. The Morgan fingerprint density at radius 2 is 0.698 bits per heavy atom. The molecule has 0 saturated carbocycles. The van der Waals surface area contributed by atoms with Gasteiger partial charge in [-0.05, 0) is 116 Å². The van der Waals surface area contributed by atoms with Gasteiger partial charge in [-0.1, -0.05) is 244 Å². The quantitative estimate of drug-likeness (QED) is 0.136. The highest BCUT2D eigenvalue weighted by molar-refractivity contribution is 6.18. The molecular weight excluding hydrogens is 1050 g/mol. The molecule has 6 heteroatoms. The van der Waals surface area contributed by atoms with E-state index in [4.69, 9.17) is 29.3 Å². The first-order valence-electron chi connectivity index (χ1n) is 29.2. The molecule has 0 spiro atoms. The number of hydrogen-bond donors (Lipinski definition) is 0. The maximum atomic E-state index is 6.36. The number of fused-ring (bicyclic) bond motifs is 7. The van der Waals surface area contributed by atoms with Crippen LogP contribution >= 0.6 is 0 Å². The molecule has 1 aliphatic carbocycles. The van der Waals surface area contributed by atoms with E-state index in [2.05, 4.69) is 269 Å². The van der Waals surface area contributed by atoms with E-state index in [1.807, 2.05) is 30.3 Å². The van der Waals surface area contributed by atoms with Gasteiger partial charge in [0.2, 0.25) is 5.71 Å². The lowest BCUT2D eigenvalue weighted by Gasteiger charge is -2.22. The van der Waals surface area contributed by atoms with Gasteiger partial charge in [-0.15, -0.1) is 0 Å². The minimum absolute atomic E-state index is 0.0932. The molecule has 4 aromatic heterocycles. The van der Waals surface area contributed by atoms with Crippen molar-refractivity contribution in [1.82, 2.24) is 24.9 Å². The molecule has 4 heterocycles. The zero-order valence-corrected chi connectivity index (χ0v) is 47.3. The molecule has 0 unspecified atom stereocenters. The largest absolute Gasteiger partial charge is 0.438 e. The molecule has 0 aliphatic heterocycles. The van der Waals surface area contributed by atoms with E-state index in [9.17, 15) is 0 Å². The summed E-state index contributed by atoms with van der Waals surface area (Å²) >= 11 is 0. The monoisotopic (exact) mass is 1100 g/mol. The molecule has 86 heavy (non-hydrogen) atoms. The molecule has 11 aromatic carbocycles. The van der Waals surface area contributed by atoms with Crippen LogP contribution < -0.4 is 0 Å². The van der Waals surface area contributed by atoms with Gasteiger partial charge in [-0.2, -0.15) is 0 Å². The second-order valence-electron chi connectivity index (χ2n) is 22.8. The van der Waals surface area contributed by atoms with Crippen LogP contribution in [0.4, 0.5) is 0 Å². The van der Waals surface area contributed by atoms with Crippen LogP contribution in [0, 0.1) is 0 Å². The van der Waals surface area contributed by atoms with Crippen molar-refractivity contribution < 1.29 is 4.42 Å². The van der Waals surface area contributed by atoms with Crippen LogP contribution in [0.3, 0.4) is 0 Å². The number of hydrogen-bond acceptors (Lipinski definition) is 6. The summed E-state index contributed by atoms with van der Waals surface area (Å²) in [4.78, 5) is 26.1. The molecule has 404 valence electrons. The Morgan fingerprint density at radius 3 is 1.34 bits per heavy atom. The van der Waals surface area contributed by atoms with Crippen LogP contribution in [-0.2, 0) is 5.41 Å². The van der Waals surface area contributed by atoms with E-state index in [0.717, 1.165) is 122 Å². The van der Waals surface area contributed by atoms with E-state index in [1.54, 1.807) is 0 Å². The van der Waals surface area contributed by atoms with E-state index < -0.39 is 0 Å². The lowest BCUT2D eigenvalue weighted by atomic mass is 9.81. The van der Waals surface area contributed by atoms with Gasteiger partial charge in [0.25, 0.3) is 0 Å². The Kier molecular flexibility index (Phi) is 12.1. The topological polar surface area (TPSA) is 77.6 Å². The van der Waals surface area contributed by atoms with Crippen LogP contribution in [0.25, 0.3) is 156 Å². The van der Waals surface area contributed by atoms with Gasteiger partial charge in [0.1, 0.15) is 5.58 Å². The van der Waals surface area contributed by atoms with Crippen molar-refractivity contribution in [2.75, 3.05) is 0 Å². The third-order valence-electron chi connectivity index (χ3n) is 17.1. The Morgan fingerprint density at radius 1 is 0.279 bits per heavy atom. The van der Waals surface area contributed by atoms with Crippen LogP contribution in [-0.4, -0.2) is 24.9 Å². The van der Waals surface area contributed by atoms with Gasteiger partial charge < -0.3 is 4.42 Å². The number of nitrogens with zero attached hydrogens (tertiary/aromatic N) is 5. The minimum Gasteiger partial charge on any atom is -0.438 e. The van der Waals surface area contributed by atoms with Gasteiger partial charge in [-0.25, -0.2) is 24.9 Å². The summed E-state index contributed by atoms with van der Waals surface area (Å²) in [7, 11) is 0. The van der Waals surface area contributed by atoms with Crippen LogP contribution in [0.5, 0.6) is 0 Å². The third kappa shape index (κ3) is 8.95. The fraction of sp³-hybridized carbons (Fsp3) is 0.0375. The van der Waals surface area contributed by atoms with E-state index >= 15 is 0 Å². The summed E-state index contributed by atoms with van der Waals surface area (Å²) in [5, 5.41) is 3.14. The Balaban J connectivity index is 0.727. The fourth-order valence-corrected chi connectivity index (χ4v) is 12.7. The molecule has 0 atom stereocenters. The number of para-hydroxylation sites is 2. The van der Waals surface area contributed by atoms with Crippen LogP contribution in [0.15, 0.2) is 290 Å². The van der Waals surface area contributed by atoms with Gasteiger partial charge >= 0.3 is 0 Å². The molecule has 1 aliphatic rings. The van der Waals surface area contributed by atoms with Crippen molar-refractivity contribution in [3.8, 4) is 123 Å². The molecule has 6 nitrogen and oxygen atoms in total. The Bertz CT molecular complexity index is 5140. The number of benzene rings is 11. The molecule has 0 fully saturated rings. The van der Waals surface area contributed by atoms with Crippen molar-refractivity contribution in [3.05, 3.63) is 296 Å². The molecule has 0 radical (unpaired) electrons. The number of furan rings is 1. The first-order valence-corrected chi connectivity index (χ1v) is 29.2. The summed E-state index contributed by atoms with van der Waals surface area (Å²) in [6, 6.07) is 100. The molecule has 0 bridgehead atoms. The summed E-state index contributed by atoms with van der Waals surface area (Å²) in [5.41, 5.74) is 25.7. The fourth-order valence-electron chi connectivity index (χ4n) is 12.7. The number of aromatic nitrogens is 5. The van der Waals surface area contributed by atoms with E-state index in [0.29, 0.717) is 17.4 Å². The third-order valence-corrected chi connectivity index (χ3v) is 17.1. The van der Waals surface area contributed by atoms with Crippen molar-refractivity contribution >= 4 is 33.0 Å². The lowest BCUT2D eigenvalue weighted by Crippen LogP contribution is -2.14. The summed E-state index contributed by atoms with van der Waals surface area (Å²) in [6.45, 7) is 4.66. The molecule has 15 aromatic rings. The van der Waals surface area contributed by atoms with Crippen LogP contribution in [0.1, 0.15) is 25.0 Å². The van der Waals surface area contributed by atoms with Gasteiger partial charge in [0.05, 0.1) is 33.7 Å². The maximum Gasteiger partial charge on any atom is 0.228 e. The summed E-state index contributed by atoms with van der Waals surface area (Å²) in [5.74, 6) is 1.32. The second-order valence-corrected chi connectivity index (χ2v) is 22.8. The molecule has 16 rings (SSSR count). The Hall–Kier alpha value is -11.2. The van der Waals surface area contributed by atoms with Crippen molar-refractivity contribution in [2.45, 2.75) is 19.3 Å². The molecule has 0 N–H and O–H groups in total. The van der Waals surface area contributed by atoms with E-state index in [1.165, 1.54) is 27.8 Å². The van der Waals surface area contributed by atoms with Gasteiger partial charge in [-0.3, -0.25) is 0 Å². The predicted octanol–water partition coefficient (Wildman–Crippen LogP) is 20.7. The Labute approximate surface area is 498 Å². The average Bonchev–Trinajstić information content (AvgIpc) is 1.73. The standard InChI is InChI=1S/C80H53N5O/c1-80(2)67-34-12-9-31-63(67)64-42-41-58(47-68(64)80)57-26-18-30-62(46-57)77-81-70(51-19-5-3-6-20-51)48-72(83-77)53-39-37-50(38-40-53)54-23-15-27-59(43-54)73-49-71(52-21-7-4-8-22-52)82-78(84-73)61-29-17-25-56(45-61)55-24-16-28-60(44-55)75-65-32-10-13-35-69(65)85-79-76(75)66-33-11-14-36-74(66)86-79/h3-49H,1-2H3. The number of pyridine rings is 1.